The molecule has 2 amide bonds. The molecule has 0 aromatic heterocycles. The van der Waals surface area contributed by atoms with E-state index in [1.165, 1.54) is 16.4 Å². The van der Waals surface area contributed by atoms with E-state index in [2.05, 4.69) is 10.6 Å². The van der Waals surface area contributed by atoms with Crippen LogP contribution in [-0.2, 0) is 40.8 Å². The van der Waals surface area contributed by atoms with Gasteiger partial charge in [-0.25, -0.2) is 22.0 Å². The Morgan fingerprint density at radius 2 is 1.58 bits per heavy atom. The van der Waals surface area contributed by atoms with Gasteiger partial charge in [-0.05, 0) is 56.0 Å². The van der Waals surface area contributed by atoms with Crippen LogP contribution in [0, 0.1) is 20.8 Å². The lowest BCUT2D eigenvalue weighted by Crippen LogP contribution is -2.47. The Bertz CT molecular complexity index is 1330. The molecule has 0 radical (unpaired) electrons. The van der Waals surface area contributed by atoms with Crippen LogP contribution in [-0.4, -0.2) is 65.4 Å². The molecule has 4 N–H and O–H groups in total. The monoisotopic (exact) mass is 538 g/mol. The van der Waals surface area contributed by atoms with Crippen molar-refractivity contribution in [3.05, 3.63) is 58.7 Å². The van der Waals surface area contributed by atoms with Gasteiger partial charge < -0.3 is 15.4 Å². The van der Waals surface area contributed by atoms with Crippen molar-refractivity contribution in [1.29, 1.82) is 0 Å². The lowest BCUT2D eigenvalue weighted by molar-refractivity contribution is -0.139. The van der Waals surface area contributed by atoms with E-state index in [1.54, 1.807) is 38.1 Å². The Hall–Kier alpha value is -2.84. The highest BCUT2D eigenvalue weighted by atomic mass is 32.2. The van der Waals surface area contributed by atoms with E-state index in [0.29, 0.717) is 17.5 Å². The summed E-state index contributed by atoms with van der Waals surface area (Å²) < 4.78 is 56.0. The van der Waals surface area contributed by atoms with E-state index >= 15 is 0 Å². The molecular weight excluding hydrogens is 508 g/mol. The van der Waals surface area contributed by atoms with Crippen LogP contribution in [0.2, 0.25) is 0 Å². The Labute approximate surface area is 211 Å². The number of nitrogens with zero attached hydrogens (tertiary/aromatic N) is 1. The number of carbonyl (C=O) groups is 2. The number of aryl methyl sites for hydroxylation is 3. The minimum Gasteiger partial charge on any atom is -0.359 e. The highest BCUT2D eigenvalue weighted by Crippen LogP contribution is 2.28. The second-order valence-corrected chi connectivity index (χ2v) is 12.0. The zero-order chi connectivity index (χ0) is 26.7. The molecule has 1 fully saturated rings. The summed E-state index contributed by atoms with van der Waals surface area (Å²) in [6.45, 7) is 5.60. The van der Waals surface area contributed by atoms with Crippen LogP contribution < -0.4 is 15.8 Å². The van der Waals surface area contributed by atoms with Crippen LogP contribution >= 0.6 is 0 Å². The van der Waals surface area contributed by atoms with Crippen LogP contribution in [0.3, 0.4) is 0 Å². The number of benzene rings is 2. The van der Waals surface area contributed by atoms with Crippen LogP contribution in [0.4, 0.5) is 0 Å². The fourth-order valence-corrected chi connectivity index (χ4v) is 6.58. The lowest BCUT2D eigenvalue weighted by Gasteiger charge is -2.24. The summed E-state index contributed by atoms with van der Waals surface area (Å²) in [7, 11) is -7.67. The lowest BCUT2D eigenvalue weighted by atomic mass is 10.1. The van der Waals surface area contributed by atoms with E-state index in [9.17, 15) is 26.4 Å². The van der Waals surface area contributed by atoms with Crippen molar-refractivity contribution < 1.29 is 31.2 Å². The number of nitrogens with two attached hydrogens (primary N) is 1. The molecule has 2 aromatic rings. The molecule has 3 rings (SSSR count). The highest BCUT2D eigenvalue weighted by molar-refractivity contribution is 7.89. The SMILES string of the molecule is Cc1cc(C)c(S(=O)(=O)N2CCO[C@@H]2CNC(=O)C(=O)NCCc2ccc(S(N)(=O)=O)cc2)c(C)c1. The number of hydrogen-bond acceptors (Lipinski definition) is 7. The third kappa shape index (κ3) is 6.48. The molecule has 0 saturated carbocycles. The molecule has 0 aliphatic carbocycles. The number of amides is 2. The minimum absolute atomic E-state index is 0.0208. The van der Waals surface area contributed by atoms with Crippen molar-refractivity contribution in [2.75, 3.05) is 26.2 Å². The number of hydrogen-bond donors (Lipinski definition) is 3. The van der Waals surface area contributed by atoms with Crippen LogP contribution in [0.1, 0.15) is 22.3 Å². The summed E-state index contributed by atoms with van der Waals surface area (Å²) in [6, 6.07) is 9.45. The van der Waals surface area contributed by atoms with Crippen molar-refractivity contribution in [3.8, 4) is 0 Å². The quantitative estimate of drug-likeness (QED) is 0.401. The van der Waals surface area contributed by atoms with Crippen molar-refractivity contribution in [2.45, 2.75) is 43.2 Å². The van der Waals surface area contributed by atoms with Gasteiger partial charge in [0, 0.05) is 13.1 Å². The molecule has 0 bridgehead atoms. The third-order valence-electron chi connectivity index (χ3n) is 5.71. The third-order valence-corrected chi connectivity index (χ3v) is 8.83. The van der Waals surface area contributed by atoms with E-state index in [-0.39, 0.29) is 36.0 Å². The summed E-state index contributed by atoms with van der Waals surface area (Å²) in [5, 5.41) is 9.96. The van der Waals surface area contributed by atoms with Crippen LogP contribution in [0.15, 0.2) is 46.2 Å². The van der Waals surface area contributed by atoms with E-state index in [4.69, 9.17) is 9.88 Å². The van der Waals surface area contributed by atoms with Gasteiger partial charge in [-0.3, -0.25) is 9.59 Å². The second-order valence-electron chi connectivity index (χ2n) is 8.57. The first-order chi connectivity index (χ1) is 16.8. The fraction of sp³-hybridized carbons (Fsp3) is 0.391. The standard InChI is InChI=1S/C23H30N4O7S2/c1-15-12-16(2)21(17(3)13-15)36(32,33)27-10-11-34-20(27)14-26-23(29)22(28)25-9-8-18-4-6-19(7-5-18)35(24,30)31/h4-7,12-13,20H,8-11,14H2,1-3H3,(H,25,28)(H,26,29)(H2,24,30,31)/t20-/m1/s1. The first-order valence-electron chi connectivity index (χ1n) is 11.2. The summed E-state index contributed by atoms with van der Waals surface area (Å²) >= 11 is 0. The van der Waals surface area contributed by atoms with Gasteiger partial charge in [-0.15, -0.1) is 0 Å². The number of primary sulfonamides is 1. The van der Waals surface area contributed by atoms with Gasteiger partial charge in [0.1, 0.15) is 6.23 Å². The molecule has 196 valence electrons. The molecule has 1 heterocycles. The molecule has 1 aliphatic rings. The van der Waals surface area contributed by atoms with E-state index < -0.39 is 38.1 Å². The first kappa shape index (κ1) is 27.7. The van der Waals surface area contributed by atoms with Crippen LogP contribution in [0.5, 0.6) is 0 Å². The summed E-state index contributed by atoms with van der Waals surface area (Å²) in [5.41, 5.74) is 2.95. The Morgan fingerprint density at radius 3 is 2.17 bits per heavy atom. The molecule has 1 aliphatic heterocycles. The van der Waals surface area contributed by atoms with Gasteiger partial charge >= 0.3 is 11.8 Å². The van der Waals surface area contributed by atoms with E-state index in [1.807, 2.05) is 6.92 Å². The Morgan fingerprint density at radius 1 is 1.00 bits per heavy atom. The second kappa shape index (κ2) is 11.0. The molecule has 0 spiro atoms. The number of carbonyl (C=O) groups excluding carboxylic acids is 2. The first-order valence-corrected chi connectivity index (χ1v) is 14.2. The smallest absolute Gasteiger partial charge is 0.309 e. The number of sulfonamides is 2. The average Bonchev–Trinajstić information content (AvgIpc) is 3.26. The van der Waals surface area contributed by atoms with E-state index in [0.717, 1.165) is 11.1 Å². The molecule has 13 heteroatoms. The van der Waals surface area contributed by atoms with Crippen molar-refractivity contribution in [2.24, 2.45) is 5.14 Å². The molecule has 1 atom stereocenters. The predicted molar refractivity (Wildman–Crippen MR) is 132 cm³/mol. The Kier molecular flexibility index (Phi) is 8.52. The molecule has 2 aromatic carbocycles. The maximum atomic E-state index is 13.3. The number of rotatable bonds is 8. The molecular formula is C23H30N4O7S2. The average molecular weight is 539 g/mol. The topological polar surface area (TPSA) is 165 Å². The molecule has 0 unspecified atom stereocenters. The van der Waals surface area contributed by atoms with Gasteiger partial charge in [-0.1, -0.05) is 29.8 Å². The zero-order valence-electron chi connectivity index (χ0n) is 20.3. The van der Waals surface area contributed by atoms with Crippen molar-refractivity contribution in [3.63, 3.8) is 0 Å². The maximum Gasteiger partial charge on any atom is 0.309 e. The zero-order valence-corrected chi connectivity index (χ0v) is 21.9. The minimum atomic E-state index is -3.88. The molecule has 1 saturated heterocycles. The normalized spacial score (nSPS) is 16.6. The molecule has 11 nitrogen and oxygen atoms in total. The van der Waals surface area contributed by atoms with Crippen LogP contribution in [0.25, 0.3) is 0 Å². The van der Waals surface area contributed by atoms with Gasteiger partial charge in [-0.2, -0.15) is 4.31 Å². The molecule has 36 heavy (non-hydrogen) atoms. The number of nitrogens with one attached hydrogen (secondary N) is 2. The predicted octanol–water partition coefficient (Wildman–Crippen LogP) is 0.0814. The van der Waals surface area contributed by atoms with Gasteiger partial charge in [0.25, 0.3) is 0 Å². The van der Waals surface area contributed by atoms with Gasteiger partial charge in [0.15, 0.2) is 0 Å². The van der Waals surface area contributed by atoms with Crippen molar-refractivity contribution in [1.82, 2.24) is 14.9 Å². The number of ether oxygens (including phenoxy) is 1. The summed E-state index contributed by atoms with van der Waals surface area (Å²) in [5.74, 6) is -1.80. The summed E-state index contributed by atoms with van der Waals surface area (Å²) in [4.78, 5) is 24.6. The highest BCUT2D eigenvalue weighted by Gasteiger charge is 2.38. The largest absolute Gasteiger partial charge is 0.359 e. The fourth-order valence-electron chi connectivity index (χ4n) is 4.14. The maximum absolute atomic E-state index is 13.3. The van der Waals surface area contributed by atoms with Crippen molar-refractivity contribution >= 4 is 31.9 Å². The van der Waals surface area contributed by atoms with Gasteiger partial charge in [0.05, 0.1) is 22.9 Å². The summed E-state index contributed by atoms with van der Waals surface area (Å²) in [6.07, 6.45) is -0.582. The Balaban J connectivity index is 1.54. The van der Waals surface area contributed by atoms with Gasteiger partial charge in [0.2, 0.25) is 20.0 Å².